The number of fused-ring (bicyclic) bond motifs is 1. The Hall–Kier alpha value is -1.73. The first-order chi connectivity index (χ1) is 18.8. The zero-order chi connectivity index (χ0) is 27.6. The molecule has 5 rings (SSSR count). The topological polar surface area (TPSA) is 83.0 Å². The standard InChI is InChI=1S/C28H36N4O4S3.ClH/c1-20-17-21(2)19-31(18-20)39(34,35)23-9-7-22(8-10-23)27(33)32(12-11-30-13-15-36-16-14-30)28-29-26-24(37-3)5-4-6-25(26)38-28;/h4-10,20-21H,11-19H2,1-3H3;1H. The Labute approximate surface area is 251 Å². The van der Waals surface area contributed by atoms with Gasteiger partial charge < -0.3 is 4.74 Å². The number of hydrogen-bond donors (Lipinski definition) is 0. The Morgan fingerprint density at radius 3 is 2.42 bits per heavy atom. The third-order valence-electron chi connectivity index (χ3n) is 7.38. The maximum Gasteiger partial charge on any atom is 0.260 e. The van der Waals surface area contributed by atoms with Crippen LogP contribution < -0.4 is 4.90 Å². The van der Waals surface area contributed by atoms with Gasteiger partial charge in [0, 0.05) is 49.7 Å². The summed E-state index contributed by atoms with van der Waals surface area (Å²) in [6.07, 6.45) is 3.06. The van der Waals surface area contributed by atoms with Gasteiger partial charge in [0.2, 0.25) is 10.0 Å². The van der Waals surface area contributed by atoms with Gasteiger partial charge in [-0.1, -0.05) is 31.3 Å². The maximum atomic E-state index is 13.9. The Kier molecular flexibility index (Phi) is 10.5. The van der Waals surface area contributed by atoms with Crippen molar-refractivity contribution in [2.75, 3.05) is 63.6 Å². The highest BCUT2D eigenvalue weighted by Crippen LogP contribution is 2.35. The number of piperidine rings is 1. The predicted octanol–water partition coefficient (Wildman–Crippen LogP) is 5.09. The number of sulfonamides is 1. The van der Waals surface area contributed by atoms with E-state index in [4.69, 9.17) is 9.72 Å². The second-order valence-corrected chi connectivity index (χ2v) is 14.3. The molecule has 2 fully saturated rings. The van der Waals surface area contributed by atoms with E-state index < -0.39 is 10.0 Å². The third kappa shape index (κ3) is 6.83. The van der Waals surface area contributed by atoms with Gasteiger partial charge in [0.1, 0.15) is 0 Å². The van der Waals surface area contributed by atoms with Gasteiger partial charge in [0.25, 0.3) is 5.91 Å². The van der Waals surface area contributed by atoms with Crippen molar-refractivity contribution in [2.24, 2.45) is 11.8 Å². The molecule has 1 aromatic heterocycles. The normalized spacial score (nSPS) is 20.8. The lowest BCUT2D eigenvalue weighted by Crippen LogP contribution is -2.43. The van der Waals surface area contributed by atoms with Crippen LogP contribution in [0.1, 0.15) is 30.6 Å². The van der Waals surface area contributed by atoms with E-state index in [2.05, 4.69) is 18.7 Å². The number of ether oxygens (including phenoxy) is 1. The van der Waals surface area contributed by atoms with Crippen LogP contribution >= 0.6 is 35.5 Å². The van der Waals surface area contributed by atoms with E-state index in [1.165, 1.54) is 11.3 Å². The van der Waals surface area contributed by atoms with Crippen molar-refractivity contribution in [3.05, 3.63) is 48.0 Å². The van der Waals surface area contributed by atoms with Crippen LogP contribution in [0.15, 0.2) is 52.3 Å². The molecule has 0 N–H and O–H groups in total. The minimum Gasteiger partial charge on any atom is -0.379 e. The molecule has 0 spiro atoms. The van der Waals surface area contributed by atoms with Crippen molar-refractivity contribution in [1.29, 1.82) is 0 Å². The van der Waals surface area contributed by atoms with Gasteiger partial charge in [-0.3, -0.25) is 14.6 Å². The van der Waals surface area contributed by atoms with E-state index >= 15 is 0 Å². The molecule has 2 aliphatic rings. The molecule has 2 unspecified atom stereocenters. The number of aromatic nitrogens is 1. The average Bonchev–Trinajstić information content (AvgIpc) is 3.37. The Balaban J connectivity index is 0.00000370. The number of nitrogens with zero attached hydrogens (tertiary/aromatic N) is 4. The fourth-order valence-electron chi connectivity index (χ4n) is 5.42. The second-order valence-electron chi connectivity index (χ2n) is 10.5. The van der Waals surface area contributed by atoms with Crippen LogP contribution in [0.3, 0.4) is 0 Å². The summed E-state index contributed by atoms with van der Waals surface area (Å²) in [6, 6.07) is 12.5. The number of thiazole rings is 1. The molecule has 2 atom stereocenters. The van der Waals surface area contributed by atoms with Crippen LogP contribution in [-0.2, 0) is 14.8 Å². The van der Waals surface area contributed by atoms with E-state index in [1.807, 2.05) is 24.5 Å². The van der Waals surface area contributed by atoms with Crippen molar-refractivity contribution < 1.29 is 17.9 Å². The quantitative estimate of drug-likeness (QED) is 0.323. The number of hydrogen-bond acceptors (Lipinski definition) is 8. The fourth-order valence-corrected chi connectivity index (χ4v) is 8.74. The zero-order valence-electron chi connectivity index (χ0n) is 23.1. The summed E-state index contributed by atoms with van der Waals surface area (Å²) in [7, 11) is -3.62. The highest BCUT2D eigenvalue weighted by molar-refractivity contribution is 7.98. The number of thioether (sulfide) groups is 1. The van der Waals surface area contributed by atoms with Crippen LogP contribution in [0, 0.1) is 11.8 Å². The number of carbonyl (C=O) groups is 1. The predicted molar refractivity (Wildman–Crippen MR) is 166 cm³/mol. The van der Waals surface area contributed by atoms with E-state index in [0.717, 1.165) is 34.6 Å². The highest BCUT2D eigenvalue weighted by Gasteiger charge is 2.32. The summed E-state index contributed by atoms with van der Waals surface area (Å²) >= 11 is 3.14. The van der Waals surface area contributed by atoms with Gasteiger partial charge >= 0.3 is 0 Å². The molecule has 218 valence electrons. The first-order valence-corrected chi connectivity index (χ1v) is 16.9. The van der Waals surface area contributed by atoms with E-state index in [0.29, 0.717) is 61.9 Å². The molecule has 2 saturated heterocycles. The molecular formula is C28H37ClN4O4S3. The largest absolute Gasteiger partial charge is 0.379 e. The first kappa shape index (κ1) is 31.2. The van der Waals surface area contributed by atoms with E-state index in [9.17, 15) is 13.2 Å². The number of benzene rings is 2. The van der Waals surface area contributed by atoms with E-state index in [1.54, 1.807) is 45.2 Å². The number of rotatable bonds is 8. The van der Waals surface area contributed by atoms with Gasteiger partial charge in [-0.2, -0.15) is 4.31 Å². The molecule has 12 heteroatoms. The smallest absolute Gasteiger partial charge is 0.260 e. The molecule has 3 aromatic rings. The summed E-state index contributed by atoms with van der Waals surface area (Å²) in [5.74, 6) is 0.465. The lowest BCUT2D eigenvalue weighted by atomic mass is 9.94. The number of carbonyl (C=O) groups excluding carboxylic acids is 1. The van der Waals surface area contributed by atoms with Gasteiger partial charge in [0.05, 0.1) is 28.3 Å². The molecule has 0 aliphatic carbocycles. The molecule has 0 saturated carbocycles. The molecule has 0 radical (unpaired) electrons. The van der Waals surface area contributed by atoms with E-state index in [-0.39, 0.29) is 23.2 Å². The molecule has 0 bridgehead atoms. The number of para-hydroxylation sites is 1. The first-order valence-electron chi connectivity index (χ1n) is 13.4. The molecule has 3 heterocycles. The maximum absolute atomic E-state index is 13.9. The molecule has 8 nitrogen and oxygen atoms in total. The highest BCUT2D eigenvalue weighted by atomic mass is 35.5. The van der Waals surface area contributed by atoms with Crippen molar-refractivity contribution in [3.8, 4) is 0 Å². The third-order valence-corrected chi connectivity index (χ3v) is 11.0. The summed E-state index contributed by atoms with van der Waals surface area (Å²) in [5.41, 5.74) is 1.35. The Morgan fingerprint density at radius 1 is 1.10 bits per heavy atom. The van der Waals surface area contributed by atoms with Crippen LogP contribution in [0.4, 0.5) is 5.13 Å². The lowest BCUT2D eigenvalue weighted by molar-refractivity contribution is 0.0391. The Morgan fingerprint density at radius 2 is 1.77 bits per heavy atom. The molecule has 2 aromatic carbocycles. The van der Waals surface area contributed by atoms with Gasteiger partial charge in [-0.15, -0.1) is 24.2 Å². The average molecular weight is 625 g/mol. The van der Waals surface area contributed by atoms with Gasteiger partial charge in [0.15, 0.2) is 5.13 Å². The van der Waals surface area contributed by atoms with Crippen molar-refractivity contribution in [1.82, 2.24) is 14.2 Å². The molecule has 1 amide bonds. The SMILES string of the molecule is CSc1cccc2sc(N(CCN3CCOCC3)C(=O)c3ccc(S(=O)(=O)N4CC(C)CC(C)C4)cc3)nc12.Cl. The summed E-state index contributed by atoms with van der Waals surface area (Å²) in [4.78, 5) is 24.1. The van der Waals surface area contributed by atoms with Crippen LogP contribution in [0.25, 0.3) is 10.2 Å². The number of halogens is 1. The van der Waals surface area contributed by atoms with Gasteiger partial charge in [-0.05, 0) is 60.9 Å². The molecule has 2 aliphatic heterocycles. The van der Waals surface area contributed by atoms with Crippen LogP contribution in [0.5, 0.6) is 0 Å². The molecular weight excluding hydrogens is 588 g/mol. The Bertz CT molecular complexity index is 1400. The number of morpholine rings is 1. The second kappa shape index (κ2) is 13.5. The fraction of sp³-hybridized carbons (Fsp3) is 0.500. The summed E-state index contributed by atoms with van der Waals surface area (Å²) < 4.78 is 34.8. The van der Waals surface area contributed by atoms with Crippen molar-refractivity contribution in [2.45, 2.75) is 30.1 Å². The summed E-state index contributed by atoms with van der Waals surface area (Å²) in [6.45, 7) is 9.47. The monoisotopic (exact) mass is 624 g/mol. The van der Waals surface area contributed by atoms with Crippen LogP contribution in [-0.4, -0.2) is 87.3 Å². The molecule has 40 heavy (non-hydrogen) atoms. The van der Waals surface area contributed by atoms with Crippen LogP contribution in [0.2, 0.25) is 0 Å². The lowest BCUT2D eigenvalue weighted by Gasteiger charge is -2.34. The number of amides is 1. The zero-order valence-corrected chi connectivity index (χ0v) is 26.4. The van der Waals surface area contributed by atoms with Gasteiger partial charge in [-0.25, -0.2) is 13.4 Å². The van der Waals surface area contributed by atoms with Crippen molar-refractivity contribution in [3.63, 3.8) is 0 Å². The minimum absolute atomic E-state index is 0. The van der Waals surface area contributed by atoms with Crippen molar-refractivity contribution >= 4 is 66.8 Å². The number of anilines is 1. The minimum atomic E-state index is -3.62. The summed E-state index contributed by atoms with van der Waals surface area (Å²) in [5, 5.41) is 0.651.